The van der Waals surface area contributed by atoms with E-state index in [2.05, 4.69) is 57.7 Å². The lowest BCUT2D eigenvalue weighted by molar-refractivity contribution is 0.206. The van der Waals surface area contributed by atoms with Crippen LogP contribution in [0.15, 0.2) is 71.5 Å². The van der Waals surface area contributed by atoms with E-state index in [0.29, 0.717) is 11.4 Å². The van der Waals surface area contributed by atoms with Crippen LogP contribution in [0, 0.1) is 0 Å². The number of hydrogen-bond donors (Lipinski definition) is 3. The van der Waals surface area contributed by atoms with Gasteiger partial charge in [0.1, 0.15) is 12.1 Å². The second-order valence-electron chi connectivity index (χ2n) is 9.49. The summed E-state index contributed by atoms with van der Waals surface area (Å²) in [4.78, 5) is 18.4. The van der Waals surface area contributed by atoms with Crippen molar-refractivity contribution in [1.82, 2.24) is 19.7 Å². The number of likely N-dealkylation sites (tertiary alicyclic amines) is 1. The molecule has 1 fully saturated rings. The summed E-state index contributed by atoms with van der Waals surface area (Å²) < 4.78 is 1.42. The summed E-state index contributed by atoms with van der Waals surface area (Å²) in [6, 6.07) is 20.9. The highest BCUT2D eigenvalue weighted by atomic mass is 16.3. The van der Waals surface area contributed by atoms with Crippen molar-refractivity contribution in [2.24, 2.45) is 0 Å². The summed E-state index contributed by atoms with van der Waals surface area (Å²) in [7, 11) is 0. The Balaban J connectivity index is 1.18. The predicted molar refractivity (Wildman–Crippen MR) is 139 cm³/mol. The summed E-state index contributed by atoms with van der Waals surface area (Å²) in [6.45, 7) is 2.93. The number of anilines is 1. The molecule has 0 amide bonds. The number of aromatic amines is 1. The fourth-order valence-corrected chi connectivity index (χ4v) is 5.27. The summed E-state index contributed by atoms with van der Waals surface area (Å²) in [5.74, 6) is 0.919. The topological polar surface area (TPSA) is 86.2 Å². The number of nitrogens with one attached hydrogen (secondary N) is 2. The maximum atomic E-state index is 12.9. The third kappa shape index (κ3) is 4.40. The van der Waals surface area contributed by atoms with Gasteiger partial charge in [-0.1, -0.05) is 60.7 Å². The molecular formula is C28H29N5O2. The average Bonchev–Trinajstić information content (AvgIpc) is 3.28. The molecule has 0 bridgehead atoms. The van der Waals surface area contributed by atoms with Crippen molar-refractivity contribution in [3.8, 4) is 5.69 Å². The summed E-state index contributed by atoms with van der Waals surface area (Å²) >= 11 is 0. The van der Waals surface area contributed by atoms with E-state index in [1.807, 2.05) is 24.3 Å². The Morgan fingerprint density at radius 2 is 1.94 bits per heavy atom. The van der Waals surface area contributed by atoms with Gasteiger partial charge >= 0.3 is 5.69 Å². The molecule has 1 unspecified atom stereocenters. The van der Waals surface area contributed by atoms with E-state index in [0.717, 1.165) is 50.3 Å². The van der Waals surface area contributed by atoms with Crippen LogP contribution in [0.25, 0.3) is 22.5 Å². The molecule has 2 aliphatic heterocycles. The lowest BCUT2D eigenvalue weighted by atomic mass is 9.97. The Bertz CT molecular complexity index is 1450. The molecule has 0 saturated carbocycles. The number of nitrogens with zero attached hydrogens (tertiary/aromatic N) is 3. The molecule has 4 aromatic rings. The van der Waals surface area contributed by atoms with Gasteiger partial charge in [0.15, 0.2) is 0 Å². The van der Waals surface area contributed by atoms with Crippen molar-refractivity contribution in [2.75, 3.05) is 25.0 Å². The van der Waals surface area contributed by atoms with E-state index >= 15 is 0 Å². The minimum absolute atomic E-state index is 0.187. The minimum Gasteiger partial charge on any atom is -0.370 e. The fourth-order valence-electron chi connectivity index (χ4n) is 5.27. The van der Waals surface area contributed by atoms with Crippen molar-refractivity contribution < 1.29 is 5.11 Å². The zero-order chi connectivity index (χ0) is 23.8. The molecule has 0 radical (unpaired) electrons. The van der Waals surface area contributed by atoms with Crippen LogP contribution in [-0.4, -0.2) is 50.6 Å². The minimum atomic E-state index is -0.785. The van der Waals surface area contributed by atoms with Gasteiger partial charge in [0, 0.05) is 19.0 Å². The Labute approximate surface area is 203 Å². The average molecular weight is 468 g/mol. The molecule has 3 heterocycles. The summed E-state index contributed by atoms with van der Waals surface area (Å²) in [6.07, 6.45) is 5.84. The SMILES string of the molecule is O=c1[nH]c([C@H]2CCCN(CCc3ccc4ccccc4c3)C2)nn1-c1cccc2c1NC(O)C=C2. The molecule has 178 valence electrons. The van der Waals surface area contributed by atoms with Gasteiger partial charge in [0.2, 0.25) is 0 Å². The first-order chi connectivity index (χ1) is 17.1. The highest BCUT2D eigenvalue weighted by Crippen LogP contribution is 2.30. The number of benzene rings is 3. The van der Waals surface area contributed by atoms with Gasteiger partial charge in [-0.3, -0.25) is 4.98 Å². The molecule has 7 heteroatoms. The Morgan fingerprint density at radius 3 is 2.86 bits per heavy atom. The van der Waals surface area contributed by atoms with Crippen molar-refractivity contribution >= 4 is 22.5 Å². The van der Waals surface area contributed by atoms with E-state index in [9.17, 15) is 9.90 Å². The monoisotopic (exact) mass is 467 g/mol. The van der Waals surface area contributed by atoms with E-state index in [4.69, 9.17) is 5.10 Å². The number of rotatable bonds is 5. The van der Waals surface area contributed by atoms with Gasteiger partial charge in [-0.15, -0.1) is 5.10 Å². The van der Waals surface area contributed by atoms with E-state index in [-0.39, 0.29) is 11.6 Å². The number of hydrogen-bond acceptors (Lipinski definition) is 5. The highest BCUT2D eigenvalue weighted by molar-refractivity contribution is 5.83. The van der Waals surface area contributed by atoms with Crippen LogP contribution in [0.3, 0.4) is 0 Å². The van der Waals surface area contributed by atoms with Crippen LogP contribution in [0.5, 0.6) is 0 Å². The zero-order valence-corrected chi connectivity index (χ0v) is 19.5. The van der Waals surface area contributed by atoms with E-state index < -0.39 is 6.23 Å². The van der Waals surface area contributed by atoms with Gasteiger partial charge in [-0.2, -0.15) is 4.68 Å². The van der Waals surface area contributed by atoms with Crippen LogP contribution in [0.2, 0.25) is 0 Å². The molecule has 7 nitrogen and oxygen atoms in total. The number of aromatic nitrogens is 3. The Morgan fingerprint density at radius 1 is 1.06 bits per heavy atom. The van der Waals surface area contributed by atoms with Crippen molar-refractivity contribution in [3.05, 3.63) is 94.2 Å². The number of H-pyrrole nitrogens is 1. The first-order valence-electron chi connectivity index (χ1n) is 12.3. The van der Waals surface area contributed by atoms with Gasteiger partial charge in [-0.25, -0.2) is 4.79 Å². The molecule has 2 atom stereocenters. The van der Waals surface area contributed by atoms with Gasteiger partial charge < -0.3 is 15.3 Å². The lowest BCUT2D eigenvalue weighted by Crippen LogP contribution is -2.36. The molecule has 35 heavy (non-hydrogen) atoms. The number of aliphatic hydroxyl groups excluding tert-OH is 1. The summed E-state index contributed by atoms with van der Waals surface area (Å²) in [5.41, 5.74) is 3.36. The smallest absolute Gasteiger partial charge is 0.348 e. The molecule has 1 aromatic heterocycles. The van der Waals surface area contributed by atoms with Crippen molar-refractivity contribution in [3.63, 3.8) is 0 Å². The molecule has 0 spiro atoms. The van der Waals surface area contributed by atoms with Crippen LogP contribution >= 0.6 is 0 Å². The molecule has 0 aliphatic carbocycles. The van der Waals surface area contributed by atoms with Crippen LogP contribution in [-0.2, 0) is 6.42 Å². The number of piperidine rings is 1. The fraction of sp³-hybridized carbons (Fsp3) is 0.286. The standard InChI is InChI=1S/C28H29N5O2/c34-25-13-12-21-7-3-9-24(26(21)29-25)33-28(35)30-27(31-33)23-8-4-15-32(18-23)16-14-19-10-11-20-5-1-2-6-22(20)17-19/h1-3,5-7,9-13,17,23,25,29,34H,4,8,14-16,18H2,(H,30,31,35)/t23-,25?/m0/s1. The number of fused-ring (bicyclic) bond motifs is 2. The largest absolute Gasteiger partial charge is 0.370 e. The van der Waals surface area contributed by atoms with Gasteiger partial charge in [0.25, 0.3) is 0 Å². The Hall–Kier alpha value is -3.68. The third-order valence-electron chi connectivity index (χ3n) is 7.11. The number of para-hydroxylation sites is 1. The number of aliphatic hydroxyl groups is 1. The van der Waals surface area contributed by atoms with Gasteiger partial charge in [-0.05, 0) is 59.8 Å². The van der Waals surface area contributed by atoms with Gasteiger partial charge in [0.05, 0.1) is 11.4 Å². The molecule has 3 N–H and O–H groups in total. The maximum Gasteiger partial charge on any atom is 0.348 e. The molecule has 2 aliphatic rings. The van der Waals surface area contributed by atoms with Crippen molar-refractivity contribution in [1.29, 1.82) is 0 Å². The van der Waals surface area contributed by atoms with Crippen molar-refractivity contribution in [2.45, 2.75) is 31.4 Å². The third-order valence-corrected chi connectivity index (χ3v) is 7.11. The molecule has 3 aromatic carbocycles. The van der Waals surface area contributed by atoms with E-state index in [1.165, 1.54) is 21.0 Å². The second kappa shape index (κ2) is 9.17. The zero-order valence-electron chi connectivity index (χ0n) is 19.5. The second-order valence-corrected chi connectivity index (χ2v) is 9.49. The summed E-state index contributed by atoms with van der Waals surface area (Å²) in [5, 5.41) is 20.3. The molecular weight excluding hydrogens is 438 g/mol. The quantitative estimate of drug-likeness (QED) is 0.415. The highest BCUT2D eigenvalue weighted by Gasteiger charge is 2.26. The van der Waals surface area contributed by atoms with Crippen LogP contribution < -0.4 is 11.0 Å². The molecule has 1 saturated heterocycles. The van der Waals surface area contributed by atoms with E-state index in [1.54, 1.807) is 6.08 Å². The lowest BCUT2D eigenvalue weighted by Gasteiger charge is -2.31. The first kappa shape index (κ1) is 21.8. The normalized spacial score (nSPS) is 20.0. The first-order valence-corrected chi connectivity index (χ1v) is 12.3. The predicted octanol–water partition coefficient (Wildman–Crippen LogP) is 3.89. The van der Waals surface area contributed by atoms with Crippen LogP contribution in [0.1, 0.15) is 35.7 Å². The Kier molecular flexibility index (Phi) is 5.72. The maximum absolute atomic E-state index is 12.9. The van der Waals surface area contributed by atoms with Crippen LogP contribution in [0.4, 0.5) is 5.69 Å². The molecule has 6 rings (SSSR count).